The van der Waals surface area contributed by atoms with Gasteiger partial charge >= 0.3 is 0 Å². The van der Waals surface area contributed by atoms with Crippen molar-refractivity contribution in [2.24, 2.45) is 5.92 Å². The van der Waals surface area contributed by atoms with Crippen LogP contribution in [0, 0.1) is 5.92 Å². The number of nitrogens with one attached hydrogen (secondary N) is 1. The summed E-state index contributed by atoms with van der Waals surface area (Å²) in [6.45, 7) is 4.57. The molecule has 0 saturated carbocycles. The lowest BCUT2D eigenvalue weighted by molar-refractivity contribution is -0.306. The highest BCUT2D eigenvalue weighted by molar-refractivity contribution is 5.77. The third-order valence-electron chi connectivity index (χ3n) is 4.52. The van der Waals surface area contributed by atoms with Crippen molar-refractivity contribution in [1.29, 1.82) is 0 Å². The number of hydrogen-bond donors (Lipinski definition) is 1. The molecule has 0 bridgehead atoms. The van der Waals surface area contributed by atoms with Crippen LogP contribution < -0.4 is 10.4 Å². The Morgan fingerprint density at radius 3 is 2.67 bits per heavy atom. The van der Waals surface area contributed by atoms with Crippen molar-refractivity contribution in [2.75, 3.05) is 6.61 Å². The number of hydrogen-bond acceptors (Lipinski definition) is 4. The maximum atomic E-state index is 12.3. The van der Waals surface area contributed by atoms with E-state index in [4.69, 9.17) is 4.74 Å². The van der Waals surface area contributed by atoms with Crippen LogP contribution in [0.1, 0.15) is 45.1 Å². The van der Waals surface area contributed by atoms with Crippen LogP contribution in [-0.2, 0) is 20.7 Å². The Balaban J connectivity index is 1.92. The predicted molar refractivity (Wildman–Crippen MR) is 89.1 cm³/mol. The highest BCUT2D eigenvalue weighted by atomic mass is 16.5. The quantitative estimate of drug-likeness (QED) is 0.820. The van der Waals surface area contributed by atoms with Crippen LogP contribution >= 0.6 is 0 Å². The summed E-state index contributed by atoms with van der Waals surface area (Å²) >= 11 is 0. The molecule has 1 aliphatic heterocycles. The first-order chi connectivity index (χ1) is 11.4. The van der Waals surface area contributed by atoms with E-state index in [9.17, 15) is 14.7 Å². The van der Waals surface area contributed by atoms with Crippen molar-refractivity contribution in [3.8, 4) is 0 Å². The Kier molecular flexibility index (Phi) is 6.37. The first-order valence-electron chi connectivity index (χ1n) is 8.53. The van der Waals surface area contributed by atoms with Crippen LogP contribution in [0.25, 0.3) is 0 Å². The number of amides is 1. The molecule has 0 aliphatic carbocycles. The fourth-order valence-corrected chi connectivity index (χ4v) is 3.32. The van der Waals surface area contributed by atoms with E-state index in [-0.39, 0.29) is 23.8 Å². The van der Waals surface area contributed by atoms with Crippen molar-refractivity contribution < 1.29 is 19.4 Å². The second-order valence-corrected chi connectivity index (χ2v) is 7.10. The van der Waals surface area contributed by atoms with E-state index in [1.807, 2.05) is 44.2 Å². The van der Waals surface area contributed by atoms with Gasteiger partial charge in [-0.25, -0.2) is 0 Å². The molecule has 1 aromatic carbocycles. The molecular weight excluding hydrogens is 306 g/mol. The molecule has 2 atom stereocenters. The Labute approximate surface area is 143 Å². The molecule has 0 unspecified atom stereocenters. The van der Waals surface area contributed by atoms with Gasteiger partial charge < -0.3 is 20.0 Å². The number of carboxylic acids is 1. The SMILES string of the molecule is CC1(C)C[C@H]([C@H](CC(=O)[O-])NC(=O)CCc2ccccc2)CCO1. The van der Waals surface area contributed by atoms with Crippen molar-refractivity contribution in [3.05, 3.63) is 35.9 Å². The van der Waals surface area contributed by atoms with Gasteiger partial charge in [-0.15, -0.1) is 0 Å². The van der Waals surface area contributed by atoms with Crippen molar-refractivity contribution in [2.45, 2.75) is 57.6 Å². The molecule has 5 nitrogen and oxygen atoms in total. The number of aliphatic carboxylic acids is 1. The van der Waals surface area contributed by atoms with E-state index in [2.05, 4.69) is 5.32 Å². The maximum Gasteiger partial charge on any atom is 0.220 e. The average Bonchev–Trinajstić information content (AvgIpc) is 2.52. The van der Waals surface area contributed by atoms with Crippen LogP contribution in [0.2, 0.25) is 0 Å². The normalized spacial score (nSPS) is 21.0. The first kappa shape index (κ1) is 18.5. The van der Waals surface area contributed by atoms with Gasteiger partial charge in [0, 0.05) is 31.5 Å². The summed E-state index contributed by atoms with van der Waals surface area (Å²) in [5, 5.41) is 14.0. The highest BCUT2D eigenvalue weighted by Crippen LogP contribution is 2.31. The van der Waals surface area contributed by atoms with Crippen molar-refractivity contribution in [1.82, 2.24) is 5.32 Å². The fourth-order valence-electron chi connectivity index (χ4n) is 3.32. The van der Waals surface area contributed by atoms with E-state index in [1.54, 1.807) is 0 Å². The Hall–Kier alpha value is -1.88. The molecule has 2 rings (SSSR count). The minimum absolute atomic E-state index is 0.0901. The molecule has 0 spiro atoms. The molecule has 1 amide bonds. The third-order valence-corrected chi connectivity index (χ3v) is 4.52. The minimum Gasteiger partial charge on any atom is -0.550 e. The van der Waals surface area contributed by atoms with Gasteiger partial charge in [-0.2, -0.15) is 0 Å². The molecule has 132 valence electrons. The number of rotatable bonds is 7. The molecule has 1 N–H and O–H groups in total. The van der Waals surface area contributed by atoms with Gasteiger partial charge in [0.1, 0.15) is 0 Å². The number of carbonyl (C=O) groups excluding carboxylic acids is 2. The Bertz CT molecular complexity index is 556. The number of carbonyl (C=O) groups is 2. The summed E-state index contributed by atoms with van der Waals surface area (Å²) in [6, 6.07) is 9.38. The number of ether oxygens (including phenoxy) is 1. The molecular formula is C19H26NO4-. The smallest absolute Gasteiger partial charge is 0.220 e. The lowest BCUT2D eigenvalue weighted by atomic mass is 9.82. The molecule has 5 heteroatoms. The monoisotopic (exact) mass is 332 g/mol. The van der Waals surface area contributed by atoms with E-state index in [0.29, 0.717) is 19.4 Å². The zero-order valence-electron chi connectivity index (χ0n) is 14.4. The predicted octanol–water partition coefficient (Wildman–Crippen LogP) is 1.45. The zero-order valence-corrected chi connectivity index (χ0v) is 14.4. The van der Waals surface area contributed by atoms with Crippen LogP contribution in [-0.4, -0.2) is 30.1 Å². The molecule has 24 heavy (non-hydrogen) atoms. The van der Waals surface area contributed by atoms with Crippen LogP contribution in [0.15, 0.2) is 30.3 Å². The van der Waals surface area contributed by atoms with Gasteiger partial charge in [0.05, 0.1) is 5.60 Å². The van der Waals surface area contributed by atoms with E-state index in [1.165, 1.54) is 0 Å². The van der Waals surface area contributed by atoms with Crippen LogP contribution in [0.4, 0.5) is 0 Å². The molecule has 1 aliphatic rings. The molecule has 0 radical (unpaired) electrons. The standard InChI is InChI=1S/C19H27NO4/c1-19(2)13-15(10-11-24-19)16(12-18(22)23)20-17(21)9-8-14-6-4-3-5-7-14/h3-7,15-16H,8-13H2,1-2H3,(H,20,21)(H,22,23)/p-1/t15-,16+/m1/s1. The summed E-state index contributed by atoms with van der Waals surface area (Å²) in [6.07, 6.45) is 2.31. The summed E-state index contributed by atoms with van der Waals surface area (Å²) in [5.41, 5.74) is 0.804. The average molecular weight is 332 g/mol. The summed E-state index contributed by atoms with van der Waals surface area (Å²) in [4.78, 5) is 23.3. The maximum absolute atomic E-state index is 12.3. The van der Waals surface area contributed by atoms with Crippen LogP contribution in [0.5, 0.6) is 0 Å². The minimum atomic E-state index is -1.13. The zero-order chi connectivity index (χ0) is 17.6. The van der Waals surface area contributed by atoms with Gasteiger partial charge in [-0.3, -0.25) is 4.79 Å². The van der Waals surface area contributed by atoms with Gasteiger partial charge in [0.25, 0.3) is 0 Å². The van der Waals surface area contributed by atoms with E-state index >= 15 is 0 Å². The number of carboxylic acid groups (broad SMARTS) is 1. The topological polar surface area (TPSA) is 78.5 Å². The molecule has 1 fully saturated rings. The summed E-state index contributed by atoms with van der Waals surface area (Å²) in [5.74, 6) is -1.16. The second kappa shape index (κ2) is 8.29. The third kappa shape index (κ3) is 5.96. The lowest BCUT2D eigenvalue weighted by Gasteiger charge is -2.39. The van der Waals surface area contributed by atoms with Gasteiger partial charge in [0.2, 0.25) is 5.91 Å². The number of benzene rings is 1. The largest absolute Gasteiger partial charge is 0.550 e. The number of aryl methyl sites for hydroxylation is 1. The van der Waals surface area contributed by atoms with E-state index < -0.39 is 12.0 Å². The lowest BCUT2D eigenvalue weighted by Crippen LogP contribution is -2.48. The molecule has 1 saturated heterocycles. The van der Waals surface area contributed by atoms with Crippen molar-refractivity contribution >= 4 is 11.9 Å². The molecule has 0 aromatic heterocycles. The second-order valence-electron chi connectivity index (χ2n) is 7.10. The Morgan fingerprint density at radius 1 is 1.33 bits per heavy atom. The van der Waals surface area contributed by atoms with Gasteiger partial charge in [0.15, 0.2) is 0 Å². The first-order valence-corrected chi connectivity index (χ1v) is 8.53. The van der Waals surface area contributed by atoms with E-state index in [0.717, 1.165) is 18.4 Å². The molecule has 1 aromatic rings. The summed E-state index contributed by atoms with van der Waals surface area (Å²) in [7, 11) is 0. The summed E-state index contributed by atoms with van der Waals surface area (Å²) < 4.78 is 5.69. The Morgan fingerprint density at radius 2 is 2.04 bits per heavy atom. The van der Waals surface area contributed by atoms with Gasteiger partial charge in [-0.1, -0.05) is 30.3 Å². The van der Waals surface area contributed by atoms with Crippen molar-refractivity contribution in [3.63, 3.8) is 0 Å². The fraction of sp³-hybridized carbons (Fsp3) is 0.579. The molecule has 1 heterocycles. The van der Waals surface area contributed by atoms with Crippen LogP contribution in [0.3, 0.4) is 0 Å². The highest BCUT2D eigenvalue weighted by Gasteiger charge is 2.34. The van der Waals surface area contributed by atoms with Gasteiger partial charge in [-0.05, 0) is 44.6 Å².